The molecule has 0 aliphatic rings. The van der Waals surface area contributed by atoms with Crippen molar-refractivity contribution in [3.8, 4) is 11.5 Å². The van der Waals surface area contributed by atoms with E-state index in [0.29, 0.717) is 17.9 Å². The van der Waals surface area contributed by atoms with Gasteiger partial charge in [-0.05, 0) is 48.4 Å². The van der Waals surface area contributed by atoms with E-state index in [1.54, 1.807) is 23.3 Å². The van der Waals surface area contributed by atoms with Crippen LogP contribution in [0.4, 0.5) is 0 Å². The van der Waals surface area contributed by atoms with Crippen molar-refractivity contribution < 1.29 is 4.79 Å². The van der Waals surface area contributed by atoms with Crippen molar-refractivity contribution in [1.29, 1.82) is 0 Å². The Morgan fingerprint density at radius 3 is 2.67 bits per heavy atom. The average Bonchev–Trinajstić information content (AvgIpc) is 3.36. The van der Waals surface area contributed by atoms with Gasteiger partial charge in [0.2, 0.25) is 0 Å². The third kappa shape index (κ3) is 3.50. The largest absolute Gasteiger partial charge is 0.348 e. The van der Waals surface area contributed by atoms with Gasteiger partial charge in [-0.2, -0.15) is 5.10 Å². The van der Waals surface area contributed by atoms with E-state index in [9.17, 15) is 4.79 Å². The summed E-state index contributed by atoms with van der Waals surface area (Å²) in [5.41, 5.74) is 3.49. The average molecular weight is 357 g/mol. The number of aryl methyl sites for hydroxylation is 1. The lowest BCUT2D eigenvalue weighted by molar-refractivity contribution is 0.0951. The summed E-state index contributed by atoms with van der Waals surface area (Å²) in [5.74, 6) is 0.524. The minimum absolute atomic E-state index is 0.179. The maximum absolute atomic E-state index is 12.8. The van der Waals surface area contributed by atoms with Gasteiger partial charge in [-0.3, -0.25) is 9.78 Å². The van der Waals surface area contributed by atoms with Gasteiger partial charge in [0.1, 0.15) is 5.56 Å². The van der Waals surface area contributed by atoms with Gasteiger partial charge in [-0.15, -0.1) is 0 Å². The van der Waals surface area contributed by atoms with Crippen LogP contribution in [0.2, 0.25) is 0 Å². The van der Waals surface area contributed by atoms with Crippen LogP contribution in [0.1, 0.15) is 21.5 Å². The van der Waals surface area contributed by atoms with Crippen LogP contribution < -0.4 is 5.32 Å². The molecule has 1 N–H and O–H groups in total. The van der Waals surface area contributed by atoms with Crippen LogP contribution in [0.3, 0.4) is 0 Å². The first-order valence-corrected chi connectivity index (χ1v) is 8.68. The normalized spacial score (nSPS) is 10.7. The Balaban J connectivity index is 1.69. The van der Waals surface area contributed by atoms with E-state index in [4.69, 9.17) is 0 Å². The van der Waals surface area contributed by atoms with Crippen molar-refractivity contribution >= 4 is 5.91 Å². The number of nitrogens with one attached hydrogen (secondary N) is 1. The van der Waals surface area contributed by atoms with E-state index < -0.39 is 0 Å². The molecule has 4 aromatic rings. The molecule has 1 amide bonds. The lowest BCUT2D eigenvalue weighted by Gasteiger charge is -2.11. The molecule has 3 heterocycles. The third-order valence-electron chi connectivity index (χ3n) is 4.26. The summed E-state index contributed by atoms with van der Waals surface area (Å²) < 4.78 is 3.68. The maximum atomic E-state index is 12.8. The van der Waals surface area contributed by atoms with Crippen LogP contribution in [-0.2, 0) is 6.54 Å². The standard InChI is InChI=1S/C21H19N5O/c1-16-6-4-8-18(12-16)26-21(25-10-2-3-11-25)19(15-24-26)20(27)23-14-17-7-5-9-22-13-17/h2-13,15H,14H2,1H3,(H,23,27). The van der Waals surface area contributed by atoms with Crippen molar-refractivity contribution in [1.82, 2.24) is 24.6 Å². The number of hydrogen-bond donors (Lipinski definition) is 1. The van der Waals surface area contributed by atoms with Gasteiger partial charge in [0.15, 0.2) is 5.82 Å². The Hall–Kier alpha value is -3.67. The molecule has 0 saturated heterocycles. The van der Waals surface area contributed by atoms with Gasteiger partial charge in [0.25, 0.3) is 5.91 Å². The molecular formula is C21H19N5O. The maximum Gasteiger partial charge on any atom is 0.256 e. The quantitative estimate of drug-likeness (QED) is 0.596. The lowest BCUT2D eigenvalue weighted by Crippen LogP contribution is -2.24. The Morgan fingerprint density at radius 1 is 1.07 bits per heavy atom. The van der Waals surface area contributed by atoms with E-state index in [1.807, 2.05) is 72.4 Å². The minimum Gasteiger partial charge on any atom is -0.348 e. The molecule has 27 heavy (non-hydrogen) atoms. The van der Waals surface area contributed by atoms with Crippen molar-refractivity contribution in [2.45, 2.75) is 13.5 Å². The molecular weight excluding hydrogens is 338 g/mol. The molecule has 0 radical (unpaired) electrons. The summed E-state index contributed by atoms with van der Waals surface area (Å²) in [7, 11) is 0. The zero-order valence-electron chi connectivity index (χ0n) is 14.9. The second-order valence-corrected chi connectivity index (χ2v) is 6.27. The van der Waals surface area contributed by atoms with Crippen molar-refractivity contribution in [3.63, 3.8) is 0 Å². The SMILES string of the molecule is Cc1cccc(-n2ncc(C(=O)NCc3cccnc3)c2-n2cccc2)c1. The molecule has 6 heteroatoms. The van der Waals surface area contributed by atoms with Gasteiger partial charge >= 0.3 is 0 Å². The van der Waals surface area contributed by atoms with Gasteiger partial charge < -0.3 is 9.88 Å². The van der Waals surface area contributed by atoms with Crippen LogP contribution in [0, 0.1) is 6.92 Å². The summed E-state index contributed by atoms with van der Waals surface area (Å²) in [4.78, 5) is 16.9. The van der Waals surface area contributed by atoms with Crippen LogP contribution >= 0.6 is 0 Å². The van der Waals surface area contributed by atoms with Gasteiger partial charge in [0, 0.05) is 31.3 Å². The molecule has 0 fully saturated rings. The number of carbonyl (C=O) groups is 1. The second kappa shape index (κ2) is 7.29. The van der Waals surface area contributed by atoms with Crippen molar-refractivity contribution in [2.75, 3.05) is 0 Å². The van der Waals surface area contributed by atoms with Crippen LogP contribution in [-0.4, -0.2) is 25.2 Å². The lowest BCUT2D eigenvalue weighted by atomic mass is 10.2. The fourth-order valence-corrected chi connectivity index (χ4v) is 2.96. The fourth-order valence-electron chi connectivity index (χ4n) is 2.96. The summed E-state index contributed by atoms with van der Waals surface area (Å²) in [5, 5.41) is 7.43. The summed E-state index contributed by atoms with van der Waals surface area (Å²) in [6.45, 7) is 2.44. The number of nitrogens with zero attached hydrogens (tertiary/aromatic N) is 4. The van der Waals surface area contributed by atoms with Crippen molar-refractivity contribution in [2.24, 2.45) is 0 Å². The number of hydrogen-bond acceptors (Lipinski definition) is 3. The van der Waals surface area contributed by atoms with Crippen LogP contribution in [0.15, 0.2) is 79.5 Å². The minimum atomic E-state index is -0.179. The third-order valence-corrected chi connectivity index (χ3v) is 4.26. The van der Waals surface area contributed by atoms with E-state index in [1.165, 1.54) is 0 Å². The summed E-state index contributed by atoms with van der Waals surface area (Å²) in [6, 6.07) is 15.6. The molecule has 0 saturated carbocycles. The zero-order chi connectivity index (χ0) is 18.6. The van der Waals surface area contributed by atoms with Crippen LogP contribution in [0.5, 0.6) is 0 Å². The van der Waals surface area contributed by atoms with E-state index in [0.717, 1.165) is 16.8 Å². The van der Waals surface area contributed by atoms with Gasteiger partial charge in [0.05, 0.1) is 11.9 Å². The number of amides is 1. The number of benzene rings is 1. The smallest absolute Gasteiger partial charge is 0.256 e. The van der Waals surface area contributed by atoms with Crippen molar-refractivity contribution in [3.05, 3.63) is 96.2 Å². The molecule has 0 spiro atoms. The Labute approximate surface area is 157 Å². The first-order chi connectivity index (χ1) is 13.2. The van der Waals surface area contributed by atoms with E-state index in [-0.39, 0.29) is 5.91 Å². The van der Waals surface area contributed by atoms with Gasteiger partial charge in [-0.1, -0.05) is 18.2 Å². The molecule has 0 aliphatic carbocycles. The number of carbonyl (C=O) groups excluding carboxylic acids is 1. The first kappa shape index (κ1) is 16.8. The number of aromatic nitrogens is 4. The molecule has 0 unspecified atom stereocenters. The van der Waals surface area contributed by atoms with Crippen LogP contribution in [0.25, 0.3) is 11.5 Å². The predicted octanol–water partition coefficient (Wildman–Crippen LogP) is 3.30. The topological polar surface area (TPSA) is 64.7 Å². The highest BCUT2D eigenvalue weighted by Gasteiger charge is 2.19. The molecule has 6 nitrogen and oxygen atoms in total. The predicted molar refractivity (Wildman–Crippen MR) is 103 cm³/mol. The fraction of sp³-hybridized carbons (Fsp3) is 0.0952. The monoisotopic (exact) mass is 357 g/mol. The molecule has 4 rings (SSSR count). The molecule has 0 atom stereocenters. The van der Waals surface area contributed by atoms with E-state index >= 15 is 0 Å². The first-order valence-electron chi connectivity index (χ1n) is 8.68. The molecule has 0 aliphatic heterocycles. The molecule has 0 bridgehead atoms. The molecule has 134 valence electrons. The Bertz CT molecular complexity index is 1050. The highest BCUT2D eigenvalue weighted by atomic mass is 16.1. The summed E-state index contributed by atoms with van der Waals surface area (Å²) >= 11 is 0. The van der Waals surface area contributed by atoms with Gasteiger partial charge in [-0.25, -0.2) is 4.68 Å². The number of rotatable bonds is 5. The Kier molecular flexibility index (Phi) is 4.53. The Morgan fingerprint density at radius 2 is 1.93 bits per heavy atom. The molecule has 1 aromatic carbocycles. The highest BCUT2D eigenvalue weighted by molar-refractivity contribution is 5.97. The number of pyridine rings is 1. The van der Waals surface area contributed by atoms with E-state index in [2.05, 4.69) is 15.4 Å². The summed E-state index contributed by atoms with van der Waals surface area (Å²) in [6.07, 6.45) is 8.86. The zero-order valence-corrected chi connectivity index (χ0v) is 14.9. The second-order valence-electron chi connectivity index (χ2n) is 6.27. The highest BCUT2D eigenvalue weighted by Crippen LogP contribution is 2.20. The molecule has 3 aromatic heterocycles.